The van der Waals surface area contributed by atoms with Crippen LogP contribution < -0.4 is 10.1 Å². The minimum atomic E-state index is -0.152. The number of amides is 1. The van der Waals surface area contributed by atoms with Gasteiger partial charge in [-0.25, -0.2) is 0 Å². The molecule has 5 heteroatoms. The predicted molar refractivity (Wildman–Crippen MR) is 104 cm³/mol. The molecule has 1 aromatic carbocycles. The van der Waals surface area contributed by atoms with Gasteiger partial charge in [-0.15, -0.1) is 0 Å². The number of fused-ring (bicyclic) bond motifs is 2. The molecule has 0 bridgehead atoms. The van der Waals surface area contributed by atoms with E-state index in [2.05, 4.69) is 28.5 Å². The number of allylic oxidation sites excluding steroid dienone is 2. The summed E-state index contributed by atoms with van der Waals surface area (Å²) in [7, 11) is 1.59. The van der Waals surface area contributed by atoms with Crippen LogP contribution in [0.25, 0.3) is 0 Å². The number of pyridine rings is 1. The van der Waals surface area contributed by atoms with Crippen LogP contribution in [0.2, 0.25) is 5.02 Å². The molecule has 1 aliphatic heterocycles. The average molecular weight is 371 g/mol. The van der Waals surface area contributed by atoms with Gasteiger partial charge in [0, 0.05) is 34.1 Å². The number of nitrogens with zero attached hydrogens (tertiary/aromatic N) is 1. The fourth-order valence-corrected chi connectivity index (χ4v) is 3.64. The van der Waals surface area contributed by atoms with Crippen LogP contribution in [0.1, 0.15) is 44.9 Å². The summed E-state index contributed by atoms with van der Waals surface area (Å²) in [6.07, 6.45) is 6.74. The topological polar surface area (TPSA) is 51.2 Å². The van der Waals surface area contributed by atoms with Gasteiger partial charge in [0.2, 0.25) is 0 Å². The van der Waals surface area contributed by atoms with Crippen molar-refractivity contribution < 1.29 is 9.53 Å². The van der Waals surface area contributed by atoms with Gasteiger partial charge in [0.05, 0.1) is 7.11 Å². The van der Waals surface area contributed by atoms with Crippen molar-refractivity contribution in [3.63, 3.8) is 0 Å². The first-order chi connectivity index (χ1) is 12.5. The molecule has 136 valence electrons. The molecule has 0 aliphatic carbocycles. The SMILES string of the molecule is COc1cc(Cl)cc2c1C/C=C/CCc1cc(C)nc(C)c1CNC2=O. The maximum atomic E-state index is 12.9. The van der Waals surface area contributed by atoms with Crippen LogP contribution in [0.3, 0.4) is 0 Å². The standard InChI is InChI=1S/C21H23ClN2O2/c1-13-9-15-7-5-4-6-8-17-18(10-16(22)11-20(17)26-3)21(25)23-12-19(15)14(2)24-13/h4,6,9-11H,5,7-8,12H2,1-3H3,(H,23,25)/b6-4+. The van der Waals surface area contributed by atoms with Crippen LogP contribution in [0.4, 0.5) is 0 Å². The van der Waals surface area contributed by atoms with Gasteiger partial charge in [-0.1, -0.05) is 23.8 Å². The first kappa shape index (κ1) is 18.5. The maximum absolute atomic E-state index is 12.9. The van der Waals surface area contributed by atoms with Gasteiger partial charge >= 0.3 is 0 Å². The Labute approximate surface area is 159 Å². The quantitative estimate of drug-likeness (QED) is 0.760. The van der Waals surface area contributed by atoms with Crippen molar-refractivity contribution in [2.75, 3.05) is 7.11 Å². The van der Waals surface area contributed by atoms with Gasteiger partial charge in [0.25, 0.3) is 5.91 Å². The molecule has 4 nitrogen and oxygen atoms in total. The van der Waals surface area contributed by atoms with E-state index in [0.717, 1.165) is 35.4 Å². The Bertz CT molecular complexity index is 875. The second kappa shape index (κ2) is 7.92. The number of nitrogens with one attached hydrogen (secondary N) is 1. The van der Waals surface area contributed by atoms with Crippen molar-refractivity contribution >= 4 is 17.5 Å². The minimum absolute atomic E-state index is 0.152. The molecular weight excluding hydrogens is 348 g/mol. The second-order valence-electron chi connectivity index (χ2n) is 6.52. The second-order valence-corrected chi connectivity index (χ2v) is 6.95. The zero-order valence-electron chi connectivity index (χ0n) is 15.4. The van der Waals surface area contributed by atoms with E-state index >= 15 is 0 Å². The van der Waals surface area contributed by atoms with E-state index in [0.29, 0.717) is 29.3 Å². The molecule has 0 saturated carbocycles. The van der Waals surface area contributed by atoms with Crippen LogP contribution in [-0.4, -0.2) is 18.0 Å². The van der Waals surface area contributed by atoms with Crippen LogP contribution in [0.5, 0.6) is 5.75 Å². The molecule has 1 aliphatic rings. The lowest BCUT2D eigenvalue weighted by molar-refractivity contribution is 0.0949. The molecule has 2 aromatic rings. The number of aryl methyl sites for hydroxylation is 3. The zero-order valence-corrected chi connectivity index (χ0v) is 16.1. The summed E-state index contributed by atoms with van der Waals surface area (Å²) in [5, 5.41) is 3.52. The van der Waals surface area contributed by atoms with Gasteiger partial charge in [0.1, 0.15) is 5.75 Å². The normalized spacial score (nSPS) is 15.8. The third-order valence-corrected chi connectivity index (χ3v) is 4.90. The van der Waals surface area contributed by atoms with Crippen molar-refractivity contribution in [3.05, 3.63) is 69.0 Å². The molecule has 26 heavy (non-hydrogen) atoms. The van der Waals surface area contributed by atoms with E-state index in [4.69, 9.17) is 16.3 Å². The third kappa shape index (κ3) is 3.91. The number of hydrogen-bond acceptors (Lipinski definition) is 3. The summed E-state index contributed by atoms with van der Waals surface area (Å²) in [4.78, 5) is 17.4. The highest BCUT2D eigenvalue weighted by molar-refractivity contribution is 6.31. The summed E-state index contributed by atoms with van der Waals surface area (Å²) in [5.74, 6) is 0.485. The summed E-state index contributed by atoms with van der Waals surface area (Å²) in [5.41, 5.74) is 5.71. The van der Waals surface area contributed by atoms with Gasteiger partial charge in [-0.05, 0) is 62.4 Å². The lowest BCUT2D eigenvalue weighted by Crippen LogP contribution is -2.25. The maximum Gasteiger partial charge on any atom is 0.252 e. The van der Waals surface area contributed by atoms with Crippen molar-refractivity contribution in [1.29, 1.82) is 0 Å². The Hall–Kier alpha value is -2.33. The Morgan fingerprint density at radius 1 is 1.15 bits per heavy atom. The van der Waals surface area contributed by atoms with E-state index in [1.54, 1.807) is 19.2 Å². The van der Waals surface area contributed by atoms with Gasteiger partial charge < -0.3 is 10.1 Å². The molecule has 1 amide bonds. The fraction of sp³-hybridized carbons (Fsp3) is 0.333. The smallest absolute Gasteiger partial charge is 0.252 e. The summed E-state index contributed by atoms with van der Waals surface area (Å²) < 4.78 is 5.45. The third-order valence-electron chi connectivity index (χ3n) is 4.68. The Morgan fingerprint density at radius 3 is 2.73 bits per heavy atom. The molecule has 1 aromatic heterocycles. The molecule has 1 N–H and O–H groups in total. The van der Waals surface area contributed by atoms with E-state index < -0.39 is 0 Å². The van der Waals surface area contributed by atoms with Crippen LogP contribution in [0, 0.1) is 13.8 Å². The highest BCUT2D eigenvalue weighted by Crippen LogP contribution is 2.29. The Balaban J connectivity index is 2.03. The molecule has 0 atom stereocenters. The molecule has 0 radical (unpaired) electrons. The molecule has 3 rings (SSSR count). The molecule has 2 heterocycles. The molecule has 0 unspecified atom stereocenters. The van der Waals surface area contributed by atoms with E-state index in [-0.39, 0.29) is 5.91 Å². The lowest BCUT2D eigenvalue weighted by Gasteiger charge is -2.17. The number of ether oxygens (including phenoxy) is 1. The van der Waals surface area contributed by atoms with Crippen molar-refractivity contribution in [2.45, 2.75) is 39.7 Å². The average Bonchev–Trinajstić information content (AvgIpc) is 2.59. The first-order valence-corrected chi connectivity index (χ1v) is 9.13. The predicted octanol–water partition coefficient (Wildman–Crippen LogP) is 4.34. The minimum Gasteiger partial charge on any atom is -0.496 e. The molecular formula is C21H23ClN2O2. The summed E-state index contributed by atoms with van der Waals surface area (Å²) >= 11 is 6.19. The van der Waals surface area contributed by atoms with Gasteiger partial charge in [-0.3, -0.25) is 9.78 Å². The highest BCUT2D eigenvalue weighted by atomic mass is 35.5. The van der Waals surface area contributed by atoms with Gasteiger partial charge in [0.15, 0.2) is 0 Å². The molecule has 0 spiro atoms. The monoisotopic (exact) mass is 370 g/mol. The number of halogens is 1. The van der Waals surface area contributed by atoms with Crippen LogP contribution >= 0.6 is 11.6 Å². The Kier molecular flexibility index (Phi) is 5.62. The number of aromatic nitrogens is 1. The van der Waals surface area contributed by atoms with Crippen LogP contribution in [0.15, 0.2) is 30.4 Å². The summed E-state index contributed by atoms with van der Waals surface area (Å²) in [6, 6.07) is 5.57. The molecule has 0 saturated heterocycles. The number of carbonyl (C=O) groups is 1. The van der Waals surface area contributed by atoms with Gasteiger partial charge in [-0.2, -0.15) is 0 Å². The summed E-state index contributed by atoms with van der Waals surface area (Å²) in [6.45, 7) is 4.45. The van der Waals surface area contributed by atoms with Crippen molar-refractivity contribution in [1.82, 2.24) is 10.3 Å². The first-order valence-electron chi connectivity index (χ1n) is 8.75. The number of methoxy groups -OCH3 is 1. The number of rotatable bonds is 1. The Morgan fingerprint density at radius 2 is 1.96 bits per heavy atom. The van der Waals surface area contributed by atoms with E-state index in [9.17, 15) is 4.79 Å². The zero-order chi connectivity index (χ0) is 18.7. The van der Waals surface area contributed by atoms with Crippen LogP contribution in [-0.2, 0) is 19.4 Å². The van der Waals surface area contributed by atoms with E-state index in [1.165, 1.54) is 5.56 Å². The van der Waals surface area contributed by atoms with Crippen molar-refractivity contribution in [3.8, 4) is 5.75 Å². The fourth-order valence-electron chi connectivity index (χ4n) is 3.43. The number of carbonyl (C=O) groups excluding carboxylic acids is 1. The number of benzene rings is 1. The number of hydrogen-bond donors (Lipinski definition) is 1. The van der Waals surface area contributed by atoms with Crippen molar-refractivity contribution in [2.24, 2.45) is 0 Å². The van der Waals surface area contributed by atoms with E-state index in [1.807, 2.05) is 13.8 Å². The highest BCUT2D eigenvalue weighted by Gasteiger charge is 2.18. The molecule has 0 fully saturated rings. The lowest BCUT2D eigenvalue weighted by atomic mass is 9.98. The largest absolute Gasteiger partial charge is 0.496 e.